The highest BCUT2D eigenvalue weighted by molar-refractivity contribution is 7.89. The molecule has 0 radical (unpaired) electrons. The second kappa shape index (κ2) is 6.18. The molecule has 2 aromatic carbocycles. The van der Waals surface area contributed by atoms with Gasteiger partial charge in [0.2, 0.25) is 0 Å². The molecule has 1 aliphatic heterocycles. The number of aliphatic hydroxyl groups excluding tert-OH is 1. The largest absolute Gasteiger partial charge is 0.493 e. The van der Waals surface area contributed by atoms with Gasteiger partial charge in [-0.25, -0.2) is 12.7 Å². The lowest BCUT2D eigenvalue weighted by atomic mass is 10.0. The van der Waals surface area contributed by atoms with E-state index in [1.54, 1.807) is 18.2 Å². The predicted molar refractivity (Wildman–Crippen MR) is 89.0 cm³/mol. The molecule has 1 atom stereocenters. The van der Waals surface area contributed by atoms with Crippen molar-refractivity contribution in [3.8, 4) is 11.5 Å². The minimum Gasteiger partial charge on any atom is -0.493 e. The van der Waals surface area contributed by atoms with Crippen LogP contribution in [0.2, 0.25) is 0 Å². The Morgan fingerprint density at radius 1 is 1.04 bits per heavy atom. The van der Waals surface area contributed by atoms with Gasteiger partial charge in [0.05, 0.1) is 19.1 Å². The summed E-state index contributed by atoms with van der Waals surface area (Å²) in [5.74, 6) is 0.728. The number of hydrogen-bond acceptors (Lipinski definition) is 5. The Kier molecular flexibility index (Phi) is 4.21. The maximum absolute atomic E-state index is 12.9. The molecular formula is C17H17NO5S. The summed E-state index contributed by atoms with van der Waals surface area (Å²) in [5, 5.41) is 10.5. The van der Waals surface area contributed by atoms with Crippen LogP contribution in [0.1, 0.15) is 17.4 Å². The van der Waals surface area contributed by atoms with Crippen molar-refractivity contribution >= 4 is 16.1 Å². The Morgan fingerprint density at radius 3 is 2.46 bits per heavy atom. The van der Waals surface area contributed by atoms with Gasteiger partial charge in [-0.05, 0) is 23.8 Å². The zero-order chi connectivity index (χ0) is 17.3. The van der Waals surface area contributed by atoms with E-state index < -0.39 is 16.3 Å². The van der Waals surface area contributed by atoms with Crippen molar-refractivity contribution in [3.63, 3.8) is 0 Å². The average Bonchev–Trinajstić information content (AvgIpc) is 2.61. The summed E-state index contributed by atoms with van der Waals surface area (Å²) in [6.45, 7) is 0. The number of fused-ring (bicyclic) bond motifs is 1. The van der Waals surface area contributed by atoms with Gasteiger partial charge < -0.3 is 14.6 Å². The van der Waals surface area contributed by atoms with Gasteiger partial charge in [-0.15, -0.1) is 0 Å². The van der Waals surface area contributed by atoms with Crippen LogP contribution in [-0.4, -0.2) is 32.0 Å². The molecule has 1 unspecified atom stereocenters. The van der Waals surface area contributed by atoms with Crippen LogP contribution < -0.4 is 9.47 Å². The molecule has 3 rings (SSSR count). The summed E-state index contributed by atoms with van der Waals surface area (Å²) in [5.41, 5.74) is 1.31. The zero-order valence-corrected chi connectivity index (χ0v) is 14.0. The molecule has 1 N–H and O–H groups in total. The summed E-state index contributed by atoms with van der Waals surface area (Å²) in [4.78, 5) is 0.00299. The highest BCUT2D eigenvalue weighted by atomic mass is 32.2. The molecule has 6 nitrogen and oxygen atoms in total. The molecule has 1 aliphatic rings. The van der Waals surface area contributed by atoms with E-state index in [0.717, 1.165) is 9.87 Å². The minimum absolute atomic E-state index is 0.00299. The summed E-state index contributed by atoms with van der Waals surface area (Å²) in [6.07, 6.45) is 1.73. The van der Waals surface area contributed by atoms with Crippen molar-refractivity contribution in [1.82, 2.24) is 4.31 Å². The van der Waals surface area contributed by atoms with Gasteiger partial charge in [0.25, 0.3) is 10.0 Å². The Balaban J connectivity index is 2.03. The lowest BCUT2D eigenvalue weighted by Crippen LogP contribution is -2.32. The van der Waals surface area contributed by atoms with Crippen LogP contribution in [0.3, 0.4) is 0 Å². The van der Waals surface area contributed by atoms with Crippen LogP contribution >= 0.6 is 0 Å². The first kappa shape index (κ1) is 16.4. The van der Waals surface area contributed by atoms with Crippen molar-refractivity contribution in [2.45, 2.75) is 11.1 Å². The van der Waals surface area contributed by atoms with Crippen LogP contribution in [-0.2, 0) is 10.0 Å². The molecule has 0 fully saturated rings. The fourth-order valence-electron chi connectivity index (χ4n) is 2.58. The summed E-state index contributed by atoms with van der Waals surface area (Å²) < 4.78 is 37.0. The highest BCUT2D eigenvalue weighted by Crippen LogP contribution is 2.35. The number of sulfonamides is 1. The molecule has 1 heterocycles. The first-order valence-electron chi connectivity index (χ1n) is 7.20. The molecule has 7 heteroatoms. The third-order valence-corrected chi connectivity index (χ3v) is 5.57. The molecule has 0 spiro atoms. The molecule has 2 aromatic rings. The van der Waals surface area contributed by atoms with E-state index >= 15 is 0 Å². The number of aliphatic hydroxyl groups is 1. The van der Waals surface area contributed by atoms with Crippen LogP contribution in [0.5, 0.6) is 11.5 Å². The second-order valence-electron chi connectivity index (χ2n) is 5.17. The summed E-state index contributed by atoms with van der Waals surface area (Å²) >= 11 is 0. The average molecular weight is 347 g/mol. The van der Waals surface area contributed by atoms with Gasteiger partial charge in [-0.3, -0.25) is 0 Å². The lowest BCUT2D eigenvalue weighted by Gasteiger charge is -2.30. The molecular weight excluding hydrogens is 330 g/mol. The maximum atomic E-state index is 12.9. The van der Waals surface area contributed by atoms with E-state index in [4.69, 9.17) is 9.47 Å². The van der Waals surface area contributed by atoms with E-state index in [-0.39, 0.29) is 4.90 Å². The van der Waals surface area contributed by atoms with E-state index in [1.807, 2.05) is 12.1 Å². The van der Waals surface area contributed by atoms with Crippen molar-refractivity contribution in [2.75, 3.05) is 14.2 Å². The Bertz CT molecular complexity index is 892. The summed E-state index contributed by atoms with van der Waals surface area (Å²) in [7, 11) is -1.05. The minimum atomic E-state index is -3.95. The van der Waals surface area contributed by atoms with Gasteiger partial charge in [-0.1, -0.05) is 24.3 Å². The topological polar surface area (TPSA) is 76.1 Å². The standard InChI is InChI=1S/C17H17NO5S/c1-22-15-8-7-13(11-16(15)23-2)24(20,21)18-10-9-12-5-3-4-6-14(12)17(18)19/h3-11,17,19H,1-2H3. The Morgan fingerprint density at radius 2 is 1.75 bits per heavy atom. The van der Waals surface area contributed by atoms with E-state index in [1.165, 1.54) is 38.6 Å². The third-order valence-electron chi connectivity index (χ3n) is 3.85. The van der Waals surface area contributed by atoms with Gasteiger partial charge in [0, 0.05) is 17.8 Å². The van der Waals surface area contributed by atoms with Crippen molar-refractivity contribution < 1.29 is 23.0 Å². The van der Waals surface area contributed by atoms with E-state index in [2.05, 4.69) is 0 Å². The molecule has 0 aliphatic carbocycles. The van der Waals surface area contributed by atoms with Gasteiger partial charge in [0.1, 0.15) is 0 Å². The fourth-order valence-corrected chi connectivity index (χ4v) is 3.92. The monoisotopic (exact) mass is 347 g/mol. The third kappa shape index (κ3) is 2.61. The van der Waals surface area contributed by atoms with Gasteiger partial charge in [-0.2, -0.15) is 0 Å². The highest BCUT2D eigenvalue weighted by Gasteiger charge is 2.32. The number of methoxy groups -OCH3 is 2. The predicted octanol–water partition coefficient (Wildman–Crippen LogP) is 2.37. The number of hydrogen-bond donors (Lipinski definition) is 1. The number of nitrogens with zero attached hydrogens (tertiary/aromatic N) is 1. The maximum Gasteiger partial charge on any atom is 0.266 e. The van der Waals surface area contributed by atoms with E-state index in [0.29, 0.717) is 17.1 Å². The van der Waals surface area contributed by atoms with Crippen LogP contribution in [0.25, 0.3) is 6.08 Å². The number of ether oxygens (including phenoxy) is 2. The van der Waals surface area contributed by atoms with Crippen molar-refractivity contribution in [2.24, 2.45) is 0 Å². The number of rotatable bonds is 4. The molecule has 0 amide bonds. The lowest BCUT2D eigenvalue weighted by molar-refractivity contribution is 0.0886. The van der Waals surface area contributed by atoms with E-state index in [9.17, 15) is 13.5 Å². The Hall–Kier alpha value is -2.51. The first-order valence-corrected chi connectivity index (χ1v) is 8.64. The fraction of sp³-hybridized carbons (Fsp3) is 0.176. The molecule has 0 bridgehead atoms. The summed E-state index contributed by atoms with van der Waals surface area (Å²) in [6, 6.07) is 11.4. The van der Waals surface area contributed by atoms with Crippen LogP contribution in [0.15, 0.2) is 53.6 Å². The smallest absolute Gasteiger partial charge is 0.266 e. The van der Waals surface area contributed by atoms with Gasteiger partial charge >= 0.3 is 0 Å². The molecule has 126 valence electrons. The van der Waals surface area contributed by atoms with Crippen molar-refractivity contribution in [1.29, 1.82) is 0 Å². The molecule has 24 heavy (non-hydrogen) atoms. The normalized spacial score (nSPS) is 16.6. The SMILES string of the molecule is COc1ccc(S(=O)(=O)N2C=Cc3ccccc3C2O)cc1OC. The number of benzene rings is 2. The molecule has 0 saturated heterocycles. The Labute approximate surface area is 140 Å². The van der Waals surface area contributed by atoms with Crippen LogP contribution in [0, 0.1) is 0 Å². The molecule has 0 saturated carbocycles. The first-order chi connectivity index (χ1) is 11.5. The van der Waals surface area contributed by atoms with Crippen molar-refractivity contribution in [3.05, 3.63) is 59.8 Å². The molecule has 0 aromatic heterocycles. The van der Waals surface area contributed by atoms with Crippen LogP contribution in [0.4, 0.5) is 0 Å². The second-order valence-corrected chi connectivity index (χ2v) is 7.01. The zero-order valence-electron chi connectivity index (χ0n) is 13.2. The van der Waals surface area contributed by atoms with Gasteiger partial charge in [0.15, 0.2) is 17.7 Å². The quantitative estimate of drug-likeness (QED) is 0.919.